The summed E-state index contributed by atoms with van der Waals surface area (Å²) in [5, 5.41) is 3.38. The monoisotopic (exact) mass is 377 g/mol. The number of aromatic nitrogens is 2. The molecule has 8 heteroatoms. The lowest BCUT2D eigenvalue weighted by Crippen LogP contribution is -2.35. The number of thioether (sulfide) groups is 1. The van der Waals surface area contributed by atoms with Crippen LogP contribution in [-0.2, 0) is 27.3 Å². The molecule has 140 valence electrons. The molecule has 26 heavy (non-hydrogen) atoms. The first-order valence-electron chi connectivity index (χ1n) is 8.28. The van der Waals surface area contributed by atoms with Gasteiger partial charge in [0.05, 0.1) is 12.8 Å². The van der Waals surface area contributed by atoms with E-state index < -0.39 is 12.1 Å². The third kappa shape index (κ3) is 5.59. The van der Waals surface area contributed by atoms with E-state index in [1.807, 2.05) is 20.1 Å². The van der Waals surface area contributed by atoms with Crippen molar-refractivity contribution >= 4 is 23.6 Å². The number of amides is 1. The quantitative estimate of drug-likeness (QED) is 0.429. The molecule has 1 amide bonds. The molecule has 2 rings (SSSR count). The molecular weight excluding hydrogens is 354 g/mol. The van der Waals surface area contributed by atoms with E-state index in [0.717, 1.165) is 17.0 Å². The van der Waals surface area contributed by atoms with Crippen LogP contribution in [0.25, 0.3) is 0 Å². The zero-order valence-electron chi connectivity index (χ0n) is 15.4. The molecule has 0 radical (unpaired) electrons. The molecule has 0 saturated heterocycles. The van der Waals surface area contributed by atoms with E-state index in [9.17, 15) is 9.59 Å². The highest BCUT2D eigenvalue weighted by Crippen LogP contribution is 2.17. The topological polar surface area (TPSA) is 94.3 Å². The molecule has 0 fully saturated rings. The van der Waals surface area contributed by atoms with Crippen molar-refractivity contribution in [2.24, 2.45) is 0 Å². The van der Waals surface area contributed by atoms with Crippen molar-refractivity contribution in [1.29, 1.82) is 0 Å². The maximum Gasteiger partial charge on any atom is 0.306 e. The zero-order chi connectivity index (χ0) is 19.1. The van der Waals surface area contributed by atoms with Crippen LogP contribution in [0.15, 0.2) is 28.0 Å². The van der Waals surface area contributed by atoms with Crippen molar-refractivity contribution in [3.05, 3.63) is 41.1 Å². The number of carbonyl (C=O) groups excluding carboxylic acids is 2. The van der Waals surface area contributed by atoms with Crippen LogP contribution >= 0.6 is 11.8 Å². The fourth-order valence-electron chi connectivity index (χ4n) is 2.43. The highest BCUT2D eigenvalue weighted by Gasteiger charge is 2.18. The molecule has 0 aromatic carbocycles. The van der Waals surface area contributed by atoms with Gasteiger partial charge in [-0.3, -0.25) is 9.59 Å². The Morgan fingerprint density at radius 3 is 2.58 bits per heavy atom. The lowest BCUT2D eigenvalue weighted by molar-refractivity contribution is -0.154. The van der Waals surface area contributed by atoms with Crippen molar-refractivity contribution in [2.45, 2.75) is 51.4 Å². The maximum absolute atomic E-state index is 12.0. The number of hydrogen-bond donors (Lipinski definition) is 1. The number of nitrogens with one attached hydrogen (secondary N) is 1. The molecule has 0 aliphatic heterocycles. The van der Waals surface area contributed by atoms with Crippen LogP contribution in [0, 0.1) is 13.8 Å². The van der Waals surface area contributed by atoms with Gasteiger partial charge in [-0.05, 0) is 51.1 Å². The Kier molecular flexibility index (Phi) is 7.20. The van der Waals surface area contributed by atoms with Crippen LogP contribution < -0.4 is 5.32 Å². The lowest BCUT2D eigenvalue weighted by atomic mass is 10.1. The van der Waals surface area contributed by atoms with Crippen LogP contribution in [0.1, 0.15) is 36.1 Å². The Morgan fingerprint density at radius 2 is 2.00 bits per heavy atom. The smallest absolute Gasteiger partial charge is 0.306 e. The van der Waals surface area contributed by atoms with Gasteiger partial charge in [0.2, 0.25) is 0 Å². The summed E-state index contributed by atoms with van der Waals surface area (Å²) in [7, 11) is 0. The summed E-state index contributed by atoms with van der Waals surface area (Å²) < 4.78 is 10.3. The summed E-state index contributed by atoms with van der Waals surface area (Å²) in [5.74, 6) is -0.162. The van der Waals surface area contributed by atoms with Gasteiger partial charge in [0, 0.05) is 17.8 Å². The molecule has 0 saturated carbocycles. The Morgan fingerprint density at radius 1 is 1.31 bits per heavy atom. The van der Waals surface area contributed by atoms with Crippen molar-refractivity contribution < 1.29 is 18.7 Å². The van der Waals surface area contributed by atoms with Gasteiger partial charge >= 0.3 is 5.97 Å². The highest BCUT2D eigenvalue weighted by atomic mass is 32.2. The average molecular weight is 377 g/mol. The number of nitrogens with zero attached hydrogens (tertiary/aromatic N) is 2. The standard InChI is InChI=1S/C18H23N3O4S/c1-11-15(12(2)21-18(20-11)26-4)7-8-16(22)25-13(3)17(23)19-10-14-6-5-9-24-14/h5-6,9,13H,7-8,10H2,1-4H3,(H,19,23)/t13-/m1/s1. The summed E-state index contributed by atoms with van der Waals surface area (Å²) >= 11 is 1.48. The van der Waals surface area contributed by atoms with Gasteiger partial charge in [0.25, 0.3) is 5.91 Å². The molecule has 0 bridgehead atoms. The van der Waals surface area contributed by atoms with E-state index in [0.29, 0.717) is 17.3 Å². The summed E-state index contributed by atoms with van der Waals surface area (Å²) in [6, 6.07) is 3.50. The predicted molar refractivity (Wildman–Crippen MR) is 97.7 cm³/mol. The molecule has 0 spiro atoms. The van der Waals surface area contributed by atoms with Gasteiger partial charge < -0.3 is 14.5 Å². The largest absolute Gasteiger partial charge is 0.467 e. The van der Waals surface area contributed by atoms with Crippen LogP contribution in [0.4, 0.5) is 0 Å². The SMILES string of the molecule is CSc1nc(C)c(CCC(=O)O[C@H](C)C(=O)NCc2ccco2)c(C)n1. The minimum atomic E-state index is -0.866. The van der Waals surface area contributed by atoms with E-state index in [4.69, 9.17) is 9.15 Å². The number of hydrogen-bond acceptors (Lipinski definition) is 7. The number of ether oxygens (including phenoxy) is 1. The number of esters is 1. The van der Waals surface area contributed by atoms with Gasteiger partial charge in [-0.2, -0.15) is 0 Å². The van der Waals surface area contributed by atoms with Crippen molar-refractivity contribution in [1.82, 2.24) is 15.3 Å². The van der Waals surface area contributed by atoms with Gasteiger partial charge in [0.15, 0.2) is 11.3 Å². The third-order valence-corrected chi connectivity index (χ3v) is 4.40. The minimum Gasteiger partial charge on any atom is -0.467 e. The molecule has 1 atom stereocenters. The Bertz CT molecular complexity index is 739. The first-order valence-corrected chi connectivity index (χ1v) is 9.51. The first-order chi connectivity index (χ1) is 12.4. The second-order valence-electron chi connectivity index (χ2n) is 5.79. The van der Waals surface area contributed by atoms with E-state index in [1.54, 1.807) is 19.1 Å². The van der Waals surface area contributed by atoms with Crippen LogP contribution in [-0.4, -0.2) is 34.2 Å². The van der Waals surface area contributed by atoms with Gasteiger partial charge in [0.1, 0.15) is 5.76 Å². The second kappa shape index (κ2) is 9.38. The normalized spacial score (nSPS) is 11.8. The Labute approximate surface area is 156 Å². The van der Waals surface area contributed by atoms with Crippen molar-refractivity contribution in [3.8, 4) is 0 Å². The molecule has 2 heterocycles. The van der Waals surface area contributed by atoms with E-state index in [-0.39, 0.29) is 18.9 Å². The van der Waals surface area contributed by atoms with Crippen LogP contribution in [0.5, 0.6) is 0 Å². The molecular formula is C18H23N3O4S. The molecule has 0 unspecified atom stereocenters. The van der Waals surface area contributed by atoms with Gasteiger partial charge in [-0.25, -0.2) is 9.97 Å². The molecule has 0 aliphatic rings. The molecule has 1 N–H and O–H groups in total. The number of rotatable bonds is 8. The minimum absolute atomic E-state index is 0.166. The Hall–Kier alpha value is -2.35. The van der Waals surface area contributed by atoms with E-state index in [2.05, 4.69) is 15.3 Å². The predicted octanol–water partition coefficient (Wildman–Crippen LogP) is 2.59. The summed E-state index contributed by atoms with van der Waals surface area (Å²) in [6.07, 6.45) is 3.23. The summed E-state index contributed by atoms with van der Waals surface area (Å²) in [6.45, 7) is 5.60. The lowest BCUT2D eigenvalue weighted by Gasteiger charge is -2.14. The Balaban J connectivity index is 1.81. The van der Waals surface area contributed by atoms with E-state index >= 15 is 0 Å². The maximum atomic E-state index is 12.0. The fourth-order valence-corrected chi connectivity index (χ4v) is 2.89. The summed E-state index contributed by atoms with van der Waals surface area (Å²) in [4.78, 5) is 32.8. The number of furan rings is 1. The molecule has 7 nitrogen and oxygen atoms in total. The van der Waals surface area contributed by atoms with E-state index in [1.165, 1.54) is 18.0 Å². The average Bonchev–Trinajstić information content (AvgIpc) is 3.12. The zero-order valence-corrected chi connectivity index (χ0v) is 16.2. The van der Waals surface area contributed by atoms with Crippen LogP contribution in [0.3, 0.4) is 0 Å². The van der Waals surface area contributed by atoms with Crippen molar-refractivity contribution in [3.63, 3.8) is 0 Å². The van der Waals surface area contributed by atoms with Crippen molar-refractivity contribution in [2.75, 3.05) is 6.26 Å². The van der Waals surface area contributed by atoms with Crippen LogP contribution in [0.2, 0.25) is 0 Å². The summed E-state index contributed by atoms with van der Waals surface area (Å²) in [5.41, 5.74) is 2.66. The van der Waals surface area contributed by atoms with Gasteiger partial charge in [-0.1, -0.05) is 11.8 Å². The molecule has 2 aromatic rings. The third-order valence-electron chi connectivity index (χ3n) is 3.86. The number of carbonyl (C=O) groups is 2. The molecule has 2 aromatic heterocycles. The second-order valence-corrected chi connectivity index (χ2v) is 6.56. The molecule has 0 aliphatic carbocycles. The number of aryl methyl sites for hydroxylation is 2. The first kappa shape index (κ1) is 20.0. The van der Waals surface area contributed by atoms with Gasteiger partial charge in [-0.15, -0.1) is 0 Å². The highest BCUT2D eigenvalue weighted by molar-refractivity contribution is 7.98. The fraction of sp³-hybridized carbons (Fsp3) is 0.444.